The zero-order valence-electron chi connectivity index (χ0n) is 9.01. The second kappa shape index (κ2) is 6.72. The van der Waals surface area contributed by atoms with Gasteiger partial charge in [-0.1, -0.05) is 26.2 Å². The van der Waals surface area contributed by atoms with Crippen molar-refractivity contribution in [3.05, 3.63) is 0 Å². The van der Waals surface area contributed by atoms with E-state index in [0.29, 0.717) is 0 Å². The lowest BCUT2D eigenvalue weighted by atomic mass is 10.1. The molecule has 2 atom stereocenters. The third-order valence-electron chi connectivity index (χ3n) is 2.86. The summed E-state index contributed by atoms with van der Waals surface area (Å²) in [5, 5.41) is 4.36. The molecule has 2 unspecified atom stereocenters. The Labute approximate surface area is 87.1 Å². The Balaban J connectivity index is 2.34. The molecule has 2 heteroatoms. The van der Waals surface area contributed by atoms with Gasteiger partial charge in [-0.25, -0.2) is 0 Å². The van der Waals surface area contributed by atoms with Gasteiger partial charge in [-0.15, -0.1) is 0 Å². The van der Waals surface area contributed by atoms with Gasteiger partial charge in [0, 0.05) is 11.3 Å². The molecule has 0 aromatic carbocycles. The van der Waals surface area contributed by atoms with Crippen LogP contribution >= 0.6 is 11.8 Å². The van der Waals surface area contributed by atoms with Gasteiger partial charge in [-0.2, -0.15) is 11.8 Å². The molecule has 0 radical (unpaired) electrons. The molecule has 0 aromatic heterocycles. The molecule has 1 N–H and O–H groups in total. The lowest BCUT2D eigenvalue weighted by Crippen LogP contribution is -2.34. The van der Waals surface area contributed by atoms with Crippen molar-refractivity contribution in [1.29, 1.82) is 0 Å². The fourth-order valence-corrected chi connectivity index (χ4v) is 3.45. The quantitative estimate of drug-likeness (QED) is 0.702. The third kappa shape index (κ3) is 3.90. The van der Waals surface area contributed by atoms with Crippen molar-refractivity contribution >= 4 is 11.8 Å². The molecule has 0 spiro atoms. The molecular formula is C11H23NS. The van der Waals surface area contributed by atoms with Crippen molar-refractivity contribution < 1.29 is 0 Å². The standard InChI is InChI=1S/C11H23NS/c1-3-9-13-11-8-6-4-5-7-10(11)12-2/h10-12H,3-9H2,1-2H3. The molecule has 1 aliphatic rings. The van der Waals surface area contributed by atoms with Crippen LogP contribution in [0.4, 0.5) is 0 Å². The van der Waals surface area contributed by atoms with Gasteiger partial charge in [0.05, 0.1) is 0 Å². The van der Waals surface area contributed by atoms with Gasteiger partial charge in [0.1, 0.15) is 0 Å². The lowest BCUT2D eigenvalue weighted by Gasteiger charge is -2.23. The van der Waals surface area contributed by atoms with Gasteiger partial charge < -0.3 is 5.32 Å². The van der Waals surface area contributed by atoms with E-state index in [1.165, 1.54) is 44.3 Å². The summed E-state index contributed by atoms with van der Waals surface area (Å²) in [6.45, 7) is 2.28. The van der Waals surface area contributed by atoms with Crippen molar-refractivity contribution in [2.75, 3.05) is 12.8 Å². The van der Waals surface area contributed by atoms with E-state index in [1.54, 1.807) is 0 Å². The fourth-order valence-electron chi connectivity index (χ4n) is 2.07. The van der Waals surface area contributed by atoms with Crippen LogP contribution in [0.25, 0.3) is 0 Å². The minimum Gasteiger partial charge on any atom is -0.316 e. The molecule has 1 fully saturated rings. The Morgan fingerprint density at radius 2 is 2.00 bits per heavy atom. The average Bonchev–Trinajstić information content (AvgIpc) is 2.39. The van der Waals surface area contributed by atoms with Gasteiger partial charge >= 0.3 is 0 Å². The predicted octanol–water partition coefficient (Wildman–Crippen LogP) is 3.05. The highest BCUT2D eigenvalue weighted by molar-refractivity contribution is 7.99. The molecule has 1 aliphatic carbocycles. The van der Waals surface area contributed by atoms with E-state index in [9.17, 15) is 0 Å². The van der Waals surface area contributed by atoms with Crippen LogP contribution in [0.3, 0.4) is 0 Å². The third-order valence-corrected chi connectivity index (χ3v) is 4.50. The van der Waals surface area contributed by atoms with E-state index in [4.69, 9.17) is 0 Å². The highest BCUT2D eigenvalue weighted by Gasteiger charge is 2.21. The first-order chi connectivity index (χ1) is 6.38. The molecule has 1 rings (SSSR count). The predicted molar refractivity (Wildman–Crippen MR) is 62.5 cm³/mol. The summed E-state index contributed by atoms with van der Waals surface area (Å²) in [5.41, 5.74) is 0. The monoisotopic (exact) mass is 201 g/mol. The van der Waals surface area contributed by atoms with Crippen LogP contribution in [0.15, 0.2) is 0 Å². The van der Waals surface area contributed by atoms with E-state index in [2.05, 4.69) is 31.1 Å². The van der Waals surface area contributed by atoms with E-state index in [-0.39, 0.29) is 0 Å². The Hall–Kier alpha value is 0.310. The van der Waals surface area contributed by atoms with Crippen molar-refractivity contribution in [3.63, 3.8) is 0 Å². The average molecular weight is 201 g/mol. The Morgan fingerprint density at radius 1 is 1.23 bits per heavy atom. The summed E-state index contributed by atoms with van der Waals surface area (Å²) in [4.78, 5) is 0. The largest absolute Gasteiger partial charge is 0.316 e. The number of thioether (sulfide) groups is 1. The summed E-state index contributed by atoms with van der Waals surface area (Å²) in [6, 6.07) is 0.777. The molecule has 0 bridgehead atoms. The molecule has 0 amide bonds. The van der Waals surface area contributed by atoms with Crippen LogP contribution in [-0.2, 0) is 0 Å². The second-order valence-corrected chi connectivity index (χ2v) is 5.29. The van der Waals surface area contributed by atoms with E-state index < -0.39 is 0 Å². The molecule has 13 heavy (non-hydrogen) atoms. The second-order valence-electron chi connectivity index (χ2n) is 3.94. The number of hydrogen-bond acceptors (Lipinski definition) is 2. The summed E-state index contributed by atoms with van der Waals surface area (Å²) in [5.74, 6) is 1.34. The van der Waals surface area contributed by atoms with Crippen molar-refractivity contribution in [2.24, 2.45) is 0 Å². The fraction of sp³-hybridized carbons (Fsp3) is 1.00. The van der Waals surface area contributed by atoms with Crippen LogP contribution in [-0.4, -0.2) is 24.1 Å². The maximum absolute atomic E-state index is 3.48. The Morgan fingerprint density at radius 3 is 2.69 bits per heavy atom. The van der Waals surface area contributed by atoms with Crippen LogP contribution in [0.2, 0.25) is 0 Å². The van der Waals surface area contributed by atoms with Crippen LogP contribution in [0.5, 0.6) is 0 Å². The number of rotatable bonds is 4. The van der Waals surface area contributed by atoms with Crippen LogP contribution < -0.4 is 5.32 Å². The van der Waals surface area contributed by atoms with Gasteiger partial charge in [-0.3, -0.25) is 0 Å². The molecule has 0 aromatic rings. The summed E-state index contributed by atoms with van der Waals surface area (Å²) < 4.78 is 0. The number of nitrogens with one attached hydrogen (secondary N) is 1. The minimum atomic E-state index is 0.777. The van der Waals surface area contributed by atoms with Crippen molar-refractivity contribution in [3.8, 4) is 0 Å². The van der Waals surface area contributed by atoms with Crippen molar-refractivity contribution in [2.45, 2.75) is 56.7 Å². The lowest BCUT2D eigenvalue weighted by molar-refractivity contribution is 0.510. The summed E-state index contributed by atoms with van der Waals surface area (Å²) >= 11 is 2.18. The molecule has 78 valence electrons. The highest BCUT2D eigenvalue weighted by Crippen LogP contribution is 2.27. The maximum Gasteiger partial charge on any atom is 0.0201 e. The van der Waals surface area contributed by atoms with Gasteiger partial charge in [0.25, 0.3) is 0 Å². The topological polar surface area (TPSA) is 12.0 Å². The molecule has 0 aliphatic heterocycles. The van der Waals surface area contributed by atoms with Crippen molar-refractivity contribution in [1.82, 2.24) is 5.32 Å². The summed E-state index contributed by atoms with van der Waals surface area (Å²) in [7, 11) is 2.12. The smallest absolute Gasteiger partial charge is 0.0201 e. The molecule has 1 nitrogen and oxygen atoms in total. The van der Waals surface area contributed by atoms with E-state index >= 15 is 0 Å². The van der Waals surface area contributed by atoms with E-state index in [1.807, 2.05) is 0 Å². The van der Waals surface area contributed by atoms with Gasteiger partial charge in [0.2, 0.25) is 0 Å². The first kappa shape index (κ1) is 11.4. The molecule has 0 saturated heterocycles. The zero-order chi connectivity index (χ0) is 9.52. The van der Waals surface area contributed by atoms with Gasteiger partial charge in [0.15, 0.2) is 0 Å². The summed E-state index contributed by atoms with van der Waals surface area (Å²) in [6.07, 6.45) is 8.45. The van der Waals surface area contributed by atoms with Crippen LogP contribution in [0.1, 0.15) is 45.4 Å². The molecular weight excluding hydrogens is 178 g/mol. The SMILES string of the molecule is CCCSC1CCCCCC1NC. The van der Waals surface area contributed by atoms with E-state index in [0.717, 1.165) is 11.3 Å². The molecule has 0 heterocycles. The van der Waals surface area contributed by atoms with Crippen LogP contribution in [0, 0.1) is 0 Å². The maximum atomic E-state index is 3.48. The first-order valence-corrected chi connectivity index (χ1v) is 6.72. The van der Waals surface area contributed by atoms with Gasteiger partial charge in [-0.05, 0) is 32.1 Å². The normalized spacial score (nSPS) is 30.0. The Bertz CT molecular complexity index is 127. The highest BCUT2D eigenvalue weighted by atomic mass is 32.2. The Kier molecular flexibility index (Phi) is 5.88. The number of hydrogen-bond donors (Lipinski definition) is 1. The molecule has 1 saturated carbocycles. The minimum absolute atomic E-state index is 0.777. The zero-order valence-corrected chi connectivity index (χ0v) is 9.83. The first-order valence-electron chi connectivity index (χ1n) is 5.67.